The maximum Gasteiger partial charge on any atom is 0.263 e. The highest BCUT2D eigenvalue weighted by molar-refractivity contribution is 5.80. The van der Waals surface area contributed by atoms with E-state index in [4.69, 9.17) is 9.57 Å². The highest BCUT2D eigenvalue weighted by Gasteiger charge is 2.23. The molecule has 1 N–H and O–H groups in total. The van der Waals surface area contributed by atoms with Gasteiger partial charge in [0.2, 0.25) is 0 Å². The van der Waals surface area contributed by atoms with Gasteiger partial charge in [-0.2, -0.15) is 0 Å². The van der Waals surface area contributed by atoms with Gasteiger partial charge in [0.15, 0.2) is 6.61 Å². The van der Waals surface area contributed by atoms with Crippen molar-refractivity contribution in [2.45, 2.75) is 6.54 Å². The Labute approximate surface area is 159 Å². The lowest BCUT2D eigenvalue weighted by Gasteiger charge is -2.32. The third-order valence-electron chi connectivity index (χ3n) is 4.61. The van der Waals surface area contributed by atoms with Gasteiger partial charge in [-0.05, 0) is 42.0 Å². The number of quaternary nitrogens is 1. The quantitative estimate of drug-likeness (QED) is 0.566. The molecule has 1 fully saturated rings. The molecule has 0 aliphatic carbocycles. The minimum absolute atomic E-state index is 0.0233. The topological polar surface area (TPSA) is 68.5 Å². The molecule has 2 heterocycles. The molecule has 0 radical (unpaired) electrons. The largest absolute Gasteiger partial charge is 0.497 e. The van der Waals surface area contributed by atoms with Crippen molar-refractivity contribution in [2.24, 2.45) is 5.16 Å². The van der Waals surface area contributed by atoms with Crippen LogP contribution in [0.3, 0.4) is 0 Å². The summed E-state index contributed by atoms with van der Waals surface area (Å²) in [7, 11) is 1.62. The fourth-order valence-corrected chi connectivity index (χ4v) is 3.01. The standard InChI is InChI=1S/C20H24N4O3/c1-26-19-4-2-17(3-5-19)14-22-27-16-20(25)24-12-10-23(11-13-24)15-18-6-8-21-9-7-18/h2-9,14H,10-13,15-16H2,1H3/p+1/b22-14-. The molecular weight excluding hydrogens is 344 g/mol. The van der Waals surface area contributed by atoms with Crippen molar-refractivity contribution in [3.63, 3.8) is 0 Å². The molecule has 1 aliphatic rings. The highest BCUT2D eigenvalue weighted by atomic mass is 16.6. The summed E-state index contributed by atoms with van der Waals surface area (Å²) >= 11 is 0. The highest BCUT2D eigenvalue weighted by Crippen LogP contribution is 2.09. The summed E-state index contributed by atoms with van der Waals surface area (Å²) in [6, 6.07) is 11.5. The lowest BCUT2D eigenvalue weighted by molar-refractivity contribution is -0.917. The second kappa shape index (κ2) is 9.68. The summed E-state index contributed by atoms with van der Waals surface area (Å²) in [5, 5.41) is 3.88. The fourth-order valence-electron chi connectivity index (χ4n) is 3.01. The van der Waals surface area contributed by atoms with E-state index in [0.29, 0.717) is 0 Å². The number of hydrogen-bond donors (Lipinski definition) is 1. The number of oxime groups is 1. The van der Waals surface area contributed by atoms with Gasteiger partial charge in [-0.3, -0.25) is 9.78 Å². The number of piperazine rings is 1. The summed E-state index contributed by atoms with van der Waals surface area (Å²) in [5.74, 6) is 0.762. The number of methoxy groups -OCH3 is 1. The minimum atomic E-state index is -0.0354. The van der Waals surface area contributed by atoms with Crippen molar-refractivity contribution in [3.05, 3.63) is 59.9 Å². The normalized spacial score (nSPS) is 15.1. The minimum Gasteiger partial charge on any atom is -0.497 e. The third kappa shape index (κ3) is 5.79. The number of ether oxygens (including phenoxy) is 1. The van der Waals surface area contributed by atoms with Crippen LogP contribution in [0.2, 0.25) is 0 Å². The Kier molecular flexibility index (Phi) is 6.76. The molecular formula is C20H25N4O3+. The molecule has 0 unspecified atom stereocenters. The van der Waals surface area contributed by atoms with Gasteiger partial charge in [0.05, 0.1) is 39.5 Å². The molecule has 27 heavy (non-hydrogen) atoms. The molecule has 1 aliphatic heterocycles. The van der Waals surface area contributed by atoms with Gasteiger partial charge in [-0.25, -0.2) is 0 Å². The number of aromatic nitrogens is 1. The van der Waals surface area contributed by atoms with Gasteiger partial charge in [-0.15, -0.1) is 0 Å². The van der Waals surface area contributed by atoms with Crippen molar-refractivity contribution < 1.29 is 19.3 Å². The Hall–Kier alpha value is -2.93. The van der Waals surface area contributed by atoms with E-state index in [0.717, 1.165) is 44.0 Å². The SMILES string of the molecule is COc1ccc(/C=N\OCC(=O)N2CC[NH+](Cc3ccncc3)CC2)cc1. The van der Waals surface area contributed by atoms with Crippen molar-refractivity contribution in [1.29, 1.82) is 0 Å². The molecule has 1 amide bonds. The molecule has 1 aromatic heterocycles. The van der Waals surface area contributed by atoms with E-state index in [-0.39, 0.29) is 12.5 Å². The smallest absolute Gasteiger partial charge is 0.263 e. The van der Waals surface area contributed by atoms with Crippen molar-refractivity contribution >= 4 is 12.1 Å². The zero-order valence-corrected chi connectivity index (χ0v) is 15.5. The van der Waals surface area contributed by atoms with E-state index >= 15 is 0 Å². The van der Waals surface area contributed by atoms with Crippen molar-refractivity contribution in [2.75, 3.05) is 39.9 Å². The number of pyridine rings is 1. The van der Waals surface area contributed by atoms with Gasteiger partial charge < -0.3 is 19.4 Å². The third-order valence-corrected chi connectivity index (χ3v) is 4.61. The first kappa shape index (κ1) is 18.8. The molecule has 7 nitrogen and oxygen atoms in total. The van der Waals surface area contributed by atoms with Crippen LogP contribution in [-0.2, 0) is 16.2 Å². The van der Waals surface area contributed by atoms with Crippen LogP contribution < -0.4 is 9.64 Å². The van der Waals surface area contributed by atoms with E-state index in [1.807, 2.05) is 53.7 Å². The second-order valence-electron chi connectivity index (χ2n) is 6.44. The lowest BCUT2D eigenvalue weighted by Crippen LogP contribution is -3.13. The van der Waals surface area contributed by atoms with Crippen molar-refractivity contribution in [3.8, 4) is 5.75 Å². The number of rotatable bonds is 7. The molecule has 0 spiro atoms. The monoisotopic (exact) mass is 369 g/mol. The molecule has 2 aromatic rings. The van der Waals surface area contributed by atoms with E-state index in [1.165, 1.54) is 10.5 Å². The van der Waals surface area contributed by atoms with Crippen LogP contribution in [0.15, 0.2) is 53.9 Å². The van der Waals surface area contributed by atoms with Gasteiger partial charge >= 0.3 is 0 Å². The molecule has 7 heteroatoms. The van der Waals surface area contributed by atoms with Gasteiger partial charge in [0.25, 0.3) is 5.91 Å². The average Bonchev–Trinajstić information content (AvgIpc) is 2.73. The Morgan fingerprint density at radius 3 is 2.56 bits per heavy atom. The molecule has 3 rings (SSSR count). The van der Waals surface area contributed by atoms with Crippen LogP contribution in [0.25, 0.3) is 0 Å². The average molecular weight is 369 g/mol. The van der Waals surface area contributed by atoms with Crippen LogP contribution in [-0.4, -0.2) is 61.9 Å². The Bertz CT molecular complexity index is 742. The Morgan fingerprint density at radius 2 is 1.89 bits per heavy atom. The first-order valence-electron chi connectivity index (χ1n) is 9.04. The number of carbonyl (C=O) groups is 1. The maximum absolute atomic E-state index is 12.3. The van der Waals surface area contributed by atoms with Gasteiger partial charge in [0, 0.05) is 18.0 Å². The summed E-state index contributed by atoms with van der Waals surface area (Å²) < 4.78 is 5.10. The van der Waals surface area contributed by atoms with Crippen LogP contribution in [0.5, 0.6) is 5.75 Å². The zero-order chi connectivity index (χ0) is 18.9. The number of nitrogens with zero attached hydrogens (tertiary/aromatic N) is 3. The van der Waals surface area contributed by atoms with Crippen molar-refractivity contribution in [1.82, 2.24) is 9.88 Å². The Balaban J connectivity index is 1.37. The number of amides is 1. The van der Waals surface area contributed by atoms with Crippen LogP contribution >= 0.6 is 0 Å². The number of hydrogen-bond acceptors (Lipinski definition) is 5. The van der Waals surface area contributed by atoms with E-state index in [9.17, 15) is 4.79 Å². The van der Waals surface area contributed by atoms with Crippen LogP contribution in [0, 0.1) is 0 Å². The maximum atomic E-state index is 12.3. The predicted molar refractivity (Wildman–Crippen MR) is 102 cm³/mol. The molecule has 0 atom stereocenters. The van der Waals surface area contributed by atoms with E-state index in [1.54, 1.807) is 13.3 Å². The van der Waals surface area contributed by atoms with E-state index in [2.05, 4.69) is 10.1 Å². The second-order valence-corrected chi connectivity index (χ2v) is 6.44. The summed E-state index contributed by atoms with van der Waals surface area (Å²) in [6.07, 6.45) is 5.22. The van der Waals surface area contributed by atoms with E-state index < -0.39 is 0 Å². The number of benzene rings is 1. The summed E-state index contributed by atoms with van der Waals surface area (Å²) in [5.41, 5.74) is 2.16. The molecule has 142 valence electrons. The first-order chi connectivity index (χ1) is 13.2. The lowest BCUT2D eigenvalue weighted by atomic mass is 10.2. The van der Waals surface area contributed by atoms with Crippen LogP contribution in [0.1, 0.15) is 11.1 Å². The summed E-state index contributed by atoms with van der Waals surface area (Å²) in [6.45, 7) is 4.28. The van der Waals surface area contributed by atoms with Crippen LogP contribution in [0.4, 0.5) is 0 Å². The molecule has 0 bridgehead atoms. The molecule has 1 saturated heterocycles. The zero-order valence-electron chi connectivity index (χ0n) is 15.5. The molecule has 1 aromatic carbocycles. The Morgan fingerprint density at radius 1 is 1.19 bits per heavy atom. The fraction of sp³-hybridized carbons (Fsp3) is 0.350. The number of nitrogens with one attached hydrogen (secondary N) is 1. The first-order valence-corrected chi connectivity index (χ1v) is 9.04. The number of carbonyl (C=O) groups excluding carboxylic acids is 1. The summed E-state index contributed by atoms with van der Waals surface area (Å²) in [4.78, 5) is 24.8. The molecule has 0 saturated carbocycles. The van der Waals surface area contributed by atoms with Gasteiger partial charge in [0.1, 0.15) is 12.3 Å². The predicted octanol–water partition coefficient (Wildman–Crippen LogP) is 0.368. The van der Waals surface area contributed by atoms with Gasteiger partial charge in [-0.1, -0.05) is 5.16 Å².